The molecule has 8 nitrogen and oxygen atoms in total. The van der Waals surface area contributed by atoms with E-state index in [2.05, 4.69) is 32.2 Å². The minimum absolute atomic E-state index is 0.0295. The second-order valence-electron chi connectivity index (χ2n) is 10.2. The van der Waals surface area contributed by atoms with Gasteiger partial charge in [-0.2, -0.15) is 10.2 Å². The zero-order valence-electron chi connectivity index (χ0n) is 24.1. The van der Waals surface area contributed by atoms with E-state index in [0.29, 0.717) is 22.9 Å². The van der Waals surface area contributed by atoms with Crippen LogP contribution in [0, 0.1) is 0 Å². The average molecular weight is 598 g/mol. The summed E-state index contributed by atoms with van der Waals surface area (Å²) in [6.07, 6.45) is 18.8. The van der Waals surface area contributed by atoms with Crippen LogP contribution in [0.15, 0.2) is 75.2 Å². The highest BCUT2D eigenvalue weighted by Gasteiger charge is 2.15. The topological polar surface area (TPSA) is 113 Å². The average Bonchev–Trinajstić information content (AvgIpc) is 3.48. The Labute approximate surface area is 249 Å². The van der Waals surface area contributed by atoms with Crippen molar-refractivity contribution in [1.82, 2.24) is 4.98 Å². The van der Waals surface area contributed by atoms with Crippen molar-refractivity contribution in [3.63, 3.8) is 0 Å². The van der Waals surface area contributed by atoms with E-state index in [4.69, 9.17) is 0 Å². The normalized spacial score (nSPS) is 11.6. The lowest BCUT2D eigenvalue weighted by atomic mass is 10.0. The maximum absolute atomic E-state index is 12.4. The molecule has 0 aliphatic rings. The molecule has 1 aromatic heterocycles. The Morgan fingerprint density at radius 1 is 0.756 bits per heavy atom. The van der Waals surface area contributed by atoms with Gasteiger partial charge in [0, 0.05) is 23.7 Å². The molecule has 41 heavy (non-hydrogen) atoms. The van der Waals surface area contributed by atoms with E-state index in [1.807, 2.05) is 0 Å². The monoisotopic (exact) mass is 597 g/mol. The molecule has 3 rings (SSSR count). The molecule has 1 amide bonds. The van der Waals surface area contributed by atoms with Crippen LogP contribution in [0.1, 0.15) is 96.8 Å². The second-order valence-corrected chi connectivity index (χ2v) is 12.8. The first-order valence-corrected chi connectivity index (χ1v) is 17.2. The fraction of sp³-hybridized carbons (Fsp3) is 0.484. The molecular weight excluding hydrogens is 555 g/mol. The molecule has 0 atom stereocenters. The zero-order chi connectivity index (χ0) is 29.2. The van der Waals surface area contributed by atoms with Crippen LogP contribution in [0.5, 0.6) is 0 Å². The second kappa shape index (κ2) is 18.3. The van der Waals surface area contributed by atoms with E-state index < -0.39 is 10.0 Å². The number of amides is 1. The predicted molar refractivity (Wildman–Crippen MR) is 169 cm³/mol. The van der Waals surface area contributed by atoms with Gasteiger partial charge in [0.15, 0.2) is 5.13 Å². The quantitative estimate of drug-likeness (QED) is 0.0996. The van der Waals surface area contributed by atoms with Gasteiger partial charge in [0.05, 0.1) is 16.3 Å². The number of nitrogens with one attached hydrogen (secondary N) is 2. The number of carbonyl (C=O) groups is 1. The summed E-state index contributed by atoms with van der Waals surface area (Å²) in [5.74, 6) is 0.0295. The van der Waals surface area contributed by atoms with Crippen molar-refractivity contribution in [2.24, 2.45) is 10.2 Å². The van der Waals surface area contributed by atoms with Crippen molar-refractivity contribution < 1.29 is 13.2 Å². The van der Waals surface area contributed by atoms with E-state index in [0.717, 1.165) is 18.5 Å². The van der Waals surface area contributed by atoms with E-state index in [1.54, 1.807) is 41.8 Å². The number of thiazole rings is 1. The van der Waals surface area contributed by atoms with E-state index in [-0.39, 0.29) is 10.8 Å². The molecule has 0 fully saturated rings. The van der Waals surface area contributed by atoms with Gasteiger partial charge >= 0.3 is 0 Å². The number of benzene rings is 2. The number of aromatic nitrogens is 1. The largest absolute Gasteiger partial charge is 0.326 e. The van der Waals surface area contributed by atoms with Crippen LogP contribution < -0.4 is 10.0 Å². The lowest BCUT2D eigenvalue weighted by molar-refractivity contribution is -0.116. The Morgan fingerprint density at radius 3 is 1.78 bits per heavy atom. The summed E-state index contributed by atoms with van der Waals surface area (Å²) in [4.78, 5) is 16.3. The van der Waals surface area contributed by atoms with Crippen LogP contribution in [0.3, 0.4) is 0 Å². The molecule has 3 aromatic rings. The SMILES string of the molecule is CCCCCCCCCCCCCCCC(=O)Nc1ccc(N=Nc2ccc(S(=O)(=O)Nc3nccs3)cc2)cc1. The number of nitrogens with zero attached hydrogens (tertiary/aromatic N) is 3. The lowest BCUT2D eigenvalue weighted by Gasteiger charge is -2.06. The summed E-state index contributed by atoms with van der Waals surface area (Å²) in [6, 6.07) is 13.3. The van der Waals surface area contributed by atoms with Crippen molar-refractivity contribution in [3.05, 3.63) is 60.1 Å². The number of unbranched alkanes of at least 4 members (excludes halogenated alkanes) is 12. The van der Waals surface area contributed by atoms with Crippen LogP contribution in [0.25, 0.3) is 0 Å². The number of anilines is 2. The van der Waals surface area contributed by atoms with Gasteiger partial charge in [-0.15, -0.1) is 11.3 Å². The molecule has 0 bridgehead atoms. The van der Waals surface area contributed by atoms with E-state index >= 15 is 0 Å². The number of hydrogen-bond donors (Lipinski definition) is 2. The smallest absolute Gasteiger partial charge is 0.263 e. The van der Waals surface area contributed by atoms with Crippen LogP contribution in [0.2, 0.25) is 0 Å². The van der Waals surface area contributed by atoms with Crippen molar-refractivity contribution in [1.29, 1.82) is 0 Å². The van der Waals surface area contributed by atoms with Crippen LogP contribution >= 0.6 is 11.3 Å². The molecular formula is C31H43N5O3S2. The molecule has 0 saturated carbocycles. The van der Waals surface area contributed by atoms with Crippen LogP contribution in [0.4, 0.5) is 22.2 Å². The zero-order valence-corrected chi connectivity index (χ0v) is 25.7. The standard InChI is InChI=1S/C31H43N5O3S2/c1-2-3-4-5-6-7-8-9-10-11-12-13-14-15-30(37)33-26-16-18-27(19-17-26)34-35-28-20-22-29(23-21-28)41(38,39)36-31-32-24-25-40-31/h16-25H,2-15H2,1H3,(H,32,36)(H,33,37). The third kappa shape index (κ3) is 12.9. The first kappa shape index (κ1) is 32.4. The van der Waals surface area contributed by atoms with E-state index in [9.17, 15) is 13.2 Å². The van der Waals surface area contributed by atoms with Gasteiger partial charge in [0.1, 0.15) is 0 Å². The molecule has 222 valence electrons. The highest BCUT2D eigenvalue weighted by atomic mass is 32.2. The molecule has 0 radical (unpaired) electrons. The minimum atomic E-state index is -3.71. The molecule has 0 aliphatic heterocycles. The summed E-state index contributed by atoms with van der Waals surface area (Å²) >= 11 is 1.21. The molecule has 10 heteroatoms. The number of hydrogen-bond acceptors (Lipinski definition) is 7. The number of carbonyl (C=O) groups excluding carboxylic acids is 1. The molecule has 0 spiro atoms. The Morgan fingerprint density at radius 2 is 1.27 bits per heavy atom. The fourth-order valence-corrected chi connectivity index (χ4v) is 6.18. The molecule has 0 unspecified atom stereocenters. The summed E-state index contributed by atoms with van der Waals surface area (Å²) in [7, 11) is -3.71. The highest BCUT2D eigenvalue weighted by molar-refractivity contribution is 7.93. The van der Waals surface area contributed by atoms with Gasteiger partial charge in [0.25, 0.3) is 10.0 Å². The first-order valence-electron chi connectivity index (χ1n) is 14.8. The van der Waals surface area contributed by atoms with Gasteiger partial charge in [-0.25, -0.2) is 13.4 Å². The molecule has 0 aliphatic carbocycles. The van der Waals surface area contributed by atoms with Gasteiger partial charge in [-0.05, 0) is 55.0 Å². The van der Waals surface area contributed by atoms with Crippen molar-refractivity contribution >= 4 is 49.5 Å². The van der Waals surface area contributed by atoms with Crippen LogP contribution in [-0.2, 0) is 14.8 Å². The van der Waals surface area contributed by atoms with Crippen LogP contribution in [-0.4, -0.2) is 19.3 Å². The summed E-state index contributed by atoms with van der Waals surface area (Å²) in [5.41, 5.74) is 1.88. The summed E-state index contributed by atoms with van der Waals surface area (Å²) < 4.78 is 27.3. The fourth-order valence-electron chi connectivity index (χ4n) is 4.39. The number of rotatable bonds is 20. The molecule has 2 aromatic carbocycles. The van der Waals surface area contributed by atoms with Crippen molar-refractivity contribution in [2.45, 2.75) is 102 Å². The summed E-state index contributed by atoms with van der Waals surface area (Å²) in [6.45, 7) is 2.26. The van der Waals surface area contributed by atoms with Gasteiger partial charge in [-0.3, -0.25) is 9.52 Å². The number of azo groups is 1. The summed E-state index contributed by atoms with van der Waals surface area (Å²) in [5, 5.41) is 13.3. The molecule has 2 N–H and O–H groups in total. The predicted octanol–water partition coefficient (Wildman–Crippen LogP) is 9.78. The maximum atomic E-state index is 12.4. The Balaban J connectivity index is 1.29. The third-order valence-electron chi connectivity index (χ3n) is 6.74. The minimum Gasteiger partial charge on any atom is -0.326 e. The Bertz CT molecular complexity index is 1280. The Kier molecular flexibility index (Phi) is 14.5. The van der Waals surface area contributed by atoms with Gasteiger partial charge < -0.3 is 5.32 Å². The molecule has 1 heterocycles. The Hall–Kier alpha value is -3.11. The third-order valence-corrected chi connectivity index (χ3v) is 8.91. The van der Waals surface area contributed by atoms with Gasteiger partial charge in [-0.1, -0.05) is 84.0 Å². The lowest BCUT2D eigenvalue weighted by Crippen LogP contribution is -2.12. The van der Waals surface area contributed by atoms with Crippen molar-refractivity contribution in [2.75, 3.05) is 10.0 Å². The molecule has 0 saturated heterocycles. The highest BCUT2D eigenvalue weighted by Crippen LogP contribution is 2.23. The van der Waals surface area contributed by atoms with E-state index in [1.165, 1.54) is 100 Å². The maximum Gasteiger partial charge on any atom is 0.263 e. The van der Waals surface area contributed by atoms with Crippen molar-refractivity contribution in [3.8, 4) is 0 Å². The number of sulfonamides is 1. The first-order chi connectivity index (χ1) is 20.0. The van der Waals surface area contributed by atoms with Gasteiger partial charge in [0.2, 0.25) is 5.91 Å².